The van der Waals surface area contributed by atoms with Crippen molar-refractivity contribution in [1.82, 2.24) is 0 Å². The number of halogens is 1. The quantitative estimate of drug-likeness (QED) is 0.726. The van der Waals surface area contributed by atoms with E-state index < -0.39 is 0 Å². The lowest BCUT2D eigenvalue weighted by Gasteiger charge is -2.05. The zero-order chi connectivity index (χ0) is 9.84. The monoisotopic (exact) mass is 181 g/mol. The van der Waals surface area contributed by atoms with Gasteiger partial charge in [0, 0.05) is 12.1 Å². The van der Waals surface area contributed by atoms with Gasteiger partial charge in [0.1, 0.15) is 5.82 Å². The van der Waals surface area contributed by atoms with E-state index in [1.807, 2.05) is 6.92 Å². The molecule has 0 heterocycles. The molecule has 3 heteroatoms. The Bertz CT molecular complexity index is 323. The van der Waals surface area contributed by atoms with E-state index in [0.29, 0.717) is 17.8 Å². The lowest BCUT2D eigenvalue weighted by Crippen LogP contribution is -2.01. The summed E-state index contributed by atoms with van der Waals surface area (Å²) in [6.07, 6.45) is 0. The third-order valence-corrected chi connectivity index (χ3v) is 1.74. The average molecular weight is 181 g/mol. The first-order valence-electron chi connectivity index (χ1n) is 4.19. The summed E-state index contributed by atoms with van der Waals surface area (Å²) in [7, 11) is 0. The van der Waals surface area contributed by atoms with Crippen LogP contribution >= 0.6 is 0 Å². The summed E-state index contributed by atoms with van der Waals surface area (Å²) < 4.78 is 13.0. The molecular weight excluding hydrogens is 169 g/mol. The fourth-order valence-electron chi connectivity index (χ4n) is 1.07. The predicted molar refractivity (Wildman–Crippen MR) is 50.6 cm³/mol. The molecule has 0 aliphatic rings. The van der Waals surface area contributed by atoms with Crippen LogP contribution in [-0.2, 0) is 0 Å². The zero-order valence-electron chi connectivity index (χ0n) is 7.73. The number of anilines is 1. The molecule has 0 atom stereocenters. The number of carbonyl (C=O) groups is 1. The van der Waals surface area contributed by atoms with Gasteiger partial charge in [-0.25, -0.2) is 4.39 Å². The molecule has 0 saturated heterocycles. The standard InChI is InChI=1S/C10H12FNO/c1-3-12-10-6-8(7(2)13)4-5-9(10)11/h4-6,12H,3H2,1-2H3. The van der Waals surface area contributed by atoms with Crippen LogP contribution in [0.15, 0.2) is 18.2 Å². The molecule has 0 fully saturated rings. The highest BCUT2D eigenvalue weighted by molar-refractivity contribution is 5.94. The lowest BCUT2D eigenvalue weighted by atomic mass is 10.1. The first-order chi connectivity index (χ1) is 6.15. The van der Waals surface area contributed by atoms with Gasteiger partial charge in [-0.05, 0) is 32.0 Å². The van der Waals surface area contributed by atoms with Gasteiger partial charge in [0.05, 0.1) is 5.69 Å². The largest absolute Gasteiger partial charge is 0.383 e. The zero-order valence-corrected chi connectivity index (χ0v) is 7.73. The van der Waals surface area contributed by atoms with Crippen LogP contribution in [0.4, 0.5) is 10.1 Å². The summed E-state index contributed by atoms with van der Waals surface area (Å²) in [6, 6.07) is 4.31. The van der Waals surface area contributed by atoms with Gasteiger partial charge in [0.2, 0.25) is 0 Å². The van der Waals surface area contributed by atoms with Crippen molar-refractivity contribution in [2.24, 2.45) is 0 Å². The van der Waals surface area contributed by atoms with Crippen molar-refractivity contribution in [3.63, 3.8) is 0 Å². The highest BCUT2D eigenvalue weighted by Gasteiger charge is 2.04. The van der Waals surface area contributed by atoms with E-state index in [9.17, 15) is 9.18 Å². The third-order valence-electron chi connectivity index (χ3n) is 1.74. The number of ketones is 1. The van der Waals surface area contributed by atoms with Gasteiger partial charge in [0.15, 0.2) is 5.78 Å². The van der Waals surface area contributed by atoms with E-state index >= 15 is 0 Å². The topological polar surface area (TPSA) is 29.1 Å². The molecule has 0 aliphatic carbocycles. The number of rotatable bonds is 3. The van der Waals surface area contributed by atoms with Gasteiger partial charge in [-0.15, -0.1) is 0 Å². The highest BCUT2D eigenvalue weighted by Crippen LogP contribution is 2.16. The Balaban J connectivity index is 3.03. The van der Waals surface area contributed by atoms with Crippen LogP contribution in [0.3, 0.4) is 0 Å². The lowest BCUT2D eigenvalue weighted by molar-refractivity contribution is 0.101. The number of carbonyl (C=O) groups excluding carboxylic acids is 1. The van der Waals surface area contributed by atoms with E-state index in [0.717, 1.165) is 0 Å². The number of hydrogen-bond donors (Lipinski definition) is 1. The van der Waals surface area contributed by atoms with E-state index in [2.05, 4.69) is 5.32 Å². The fraction of sp³-hybridized carbons (Fsp3) is 0.300. The van der Waals surface area contributed by atoms with Crippen LogP contribution in [0.5, 0.6) is 0 Å². The summed E-state index contributed by atoms with van der Waals surface area (Å²) in [5, 5.41) is 2.84. The summed E-state index contributed by atoms with van der Waals surface area (Å²) in [5.41, 5.74) is 0.910. The molecular formula is C10H12FNO. The Morgan fingerprint density at radius 3 is 2.77 bits per heavy atom. The predicted octanol–water partition coefficient (Wildman–Crippen LogP) is 2.46. The second-order valence-electron chi connectivity index (χ2n) is 2.78. The molecule has 0 spiro atoms. The van der Waals surface area contributed by atoms with Crippen molar-refractivity contribution in [1.29, 1.82) is 0 Å². The summed E-state index contributed by atoms with van der Waals surface area (Å²) in [4.78, 5) is 11.0. The molecule has 0 bridgehead atoms. The van der Waals surface area contributed by atoms with Crippen LogP contribution in [0.1, 0.15) is 24.2 Å². The summed E-state index contributed by atoms with van der Waals surface area (Å²) >= 11 is 0. The molecule has 0 aliphatic heterocycles. The minimum atomic E-state index is -0.327. The maximum atomic E-state index is 13.0. The third kappa shape index (κ3) is 2.28. The SMILES string of the molecule is CCNc1cc(C(C)=O)ccc1F. The molecule has 13 heavy (non-hydrogen) atoms. The van der Waals surface area contributed by atoms with Crippen molar-refractivity contribution in [3.05, 3.63) is 29.6 Å². The van der Waals surface area contributed by atoms with Crippen LogP contribution in [0.2, 0.25) is 0 Å². The van der Waals surface area contributed by atoms with Crippen LogP contribution in [-0.4, -0.2) is 12.3 Å². The first-order valence-corrected chi connectivity index (χ1v) is 4.19. The Morgan fingerprint density at radius 1 is 1.54 bits per heavy atom. The minimum Gasteiger partial charge on any atom is -0.383 e. The number of benzene rings is 1. The molecule has 0 unspecified atom stereocenters. The van der Waals surface area contributed by atoms with Crippen molar-refractivity contribution in [3.8, 4) is 0 Å². The van der Waals surface area contributed by atoms with Crippen LogP contribution < -0.4 is 5.32 Å². The Labute approximate surface area is 76.8 Å². The first kappa shape index (κ1) is 9.71. The van der Waals surface area contributed by atoms with Crippen molar-refractivity contribution < 1.29 is 9.18 Å². The Morgan fingerprint density at radius 2 is 2.23 bits per heavy atom. The van der Waals surface area contributed by atoms with Gasteiger partial charge < -0.3 is 5.32 Å². The van der Waals surface area contributed by atoms with Crippen molar-refractivity contribution in [2.75, 3.05) is 11.9 Å². The molecule has 1 aromatic carbocycles. The van der Waals surface area contributed by atoms with E-state index in [1.165, 1.54) is 25.1 Å². The molecule has 0 saturated carbocycles. The van der Waals surface area contributed by atoms with Crippen molar-refractivity contribution in [2.45, 2.75) is 13.8 Å². The van der Waals surface area contributed by atoms with Crippen molar-refractivity contribution >= 4 is 11.5 Å². The Hall–Kier alpha value is -1.38. The number of nitrogens with one attached hydrogen (secondary N) is 1. The molecule has 0 amide bonds. The molecule has 1 aromatic rings. The van der Waals surface area contributed by atoms with Gasteiger partial charge >= 0.3 is 0 Å². The molecule has 70 valence electrons. The molecule has 2 nitrogen and oxygen atoms in total. The maximum absolute atomic E-state index is 13.0. The second kappa shape index (κ2) is 4.03. The van der Waals surface area contributed by atoms with Gasteiger partial charge in [-0.1, -0.05) is 0 Å². The minimum absolute atomic E-state index is 0.0563. The molecule has 1 rings (SSSR count). The maximum Gasteiger partial charge on any atom is 0.159 e. The molecule has 1 N–H and O–H groups in total. The van der Waals surface area contributed by atoms with Gasteiger partial charge in [-0.2, -0.15) is 0 Å². The van der Waals surface area contributed by atoms with E-state index in [-0.39, 0.29) is 11.6 Å². The normalized spacial score (nSPS) is 9.77. The molecule has 0 radical (unpaired) electrons. The van der Waals surface area contributed by atoms with Crippen LogP contribution in [0, 0.1) is 5.82 Å². The molecule has 0 aromatic heterocycles. The van der Waals surface area contributed by atoms with E-state index in [1.54, 1.807) is 0 Å². The summed E-state index contributed by atoms with van der Waals surface area (Å²) in [5.74, 6) is -0.383. The van der Waals surface area contributed by atoms with Gasteiger partial charge in [-0.3, -0.25) is 4.79 Å². The van der Waals surface area contributed by atoms with Crippen LogP contribution in [0.25, 0.3) is 0 Å². The fourth-order valence-corrected chi connectivity index (χ4v) is 1.07. The Kier molecular flexibility index (Phi) is 3.01. The number of Topliss-reactive ketones (excluding diaryl/α,β-unsaturated/α-hetero) is 1. The highest BCUT2D eigenvalue weighted by atomic mass is 19.1. The second-order valence-corrected chi connectivity index (χ2v) is 2.78. The number of hydrogen-bond acceptors (Lipinski definition) is 2. The summed E-state index contributed by atoms with van der Waals surface area (Å²) in [6.45, 7) is 3.97. The van der Waals surface area contributed by atoms with E-state index in [4.69, 9.17) is 0 Å². The van der Waals surface area contributed by atoms with Gasteiger partial charge in [0.25, 0.3) is 0 Å². The smallest absolute Gasteiger partial charge is 0.159 e. The average Bonchev–Trinajstić information content (AvgIpc) is 2.08.